The molecule has 0 radical (unpaired) electrons. The predicted molar refractivity (Wildman–Crippen MR) is 114 cm³/mol. The molecule has 0 aliphatic carbocycles. The maximum atomic E-state index is 12.7. The van der Waals surface area contributed by atoms with Crippen LogP contribution < -0.4 is 19.5 Å². The summed E-state index contributed by atoms with van der Waals surface area (Å²) in [5.74, 6) is 3.01. The van der Waals surface area contributed by atoms with Gasteiger partial charge in [-0.3, -0.25) is 4.79 Å². The number of carbonyl (C=O) groups excluding carboxylic acids is 1. The van der Waals surface area contributed by atoms with Crippen molar-refractivity contribution in [1.29, 1.82) is 0 Å². The number of benzene rings is 1. The molecule has 4 aromatic rings. The van der Waals surface area contributed by atoms with Crippen LogP contribution in [-0.2, 0) is 4.79 Å². The summed E-state index contributed by atoms with van der Waals surface area (Å²) < 4.78 is 19.7. The topological polar surface area (TPSA) is 118 Å². The van der Waals surface area contributed by atoms with Crippen molar-refractivity contribution in [2.45, 2.75) is 19.3 Å². The fraction of sp³-hybridized carbons (Fsp3) is 0.286. The summed E-state index contributed by atoms with van der Waals surface area (Å²) in [5, 5.41) is 20.1. The van der Waals surface area contributed by atoms with Crippen LogP contribution in [0.1, 0.15) is 29.3 Å². The summed E-state index contributed by atoms with van der Waals surface area (Å²) in [6.07, 6.45) is 1.97. The molecule has 1 amide bonds. The largest absolute Gasteiger partial charge is 0.496 e. The van der Waals surface area contributed by atoms with Crippen molar-refractivity contribution in [1.82, 2.24) is 29.6 Å². The van der Waals surface area contributed by atoms with E-state index in [0.717, 1.165) is 11.1 Å². The van der Waals surface area contributed by atoms with Gasteiger partial charge in [0.05, 0.1) is 27.5 Å². The zero-order chi connectivity index (χ0) is 22.4. The van der Waals surface area contributed by atoms with Gasteiger partial charge in [-0.1, -0.05) is 0 Å². The lowest BCUT2D eigenvalue weighted by atomic mass is 9.86. The van der Waals surface area contributed by atoms with Crippen molar-refractivity contribution in [3.8, 4) is 23.1 Å². The minimum Gasteiger partial charge on any atom is -0.496 e. The molecule has 1 aromatic carbocycles. The van der Waals surface area contributed by atoms with E-state index in [9.17, 15) is 4.79 Å². The molecule has 1 aliphatic heterocycles. The predicted octanol–water partition coefficient (Wildman–Crippen LogP) is 2.12. The summed E-state index contributed by atoms with van der Waals surface area (Å²) in [5.41, 5.74) is 2.28. The fourth-order valence-electron chi connectivity index (χ4n) is 4.00. The quantitative estimate of drug-likeness (QED) is 0.507. The van der Waals surface area contributed by atoms with E-state index in [0.29, 0.717) is 40.4 Å². The third-order valence-corrected chi connectivity index (χ3v) is 5.55. The highest BCUT2D eigenvalue weighted by Crippen LogP contribution is 2.45. The Balaban J connectivity index is 1.64. The smallest absolute Gasteiger partial charge is 0.226 e. The van der Waals surface area contributed by atoms with Crippen LogP contribution in [0, 0.1) is 6.92 Å². The Hall–Kier alpha value is -4.15. The lowest BCUT2D eigenvalue weighted by molar-refractivity contribution is -0.116. The number of ether oxygens (including phenoxy) is 3. The molecule has 3 aromatic heterocycles. The van der Waals surface area contributed by atoms with Crippen LogP contribution in [0.3, 0.4) is 0 Å². The SMILES string of the molecule is COc1cc(OC)c(C2CC(=O)Nc3c2cnn3-c2ccc3nnc(C)n3n2)cc1OC. The van der Waals surface area contributed by atoms with Gasteiger partial charge in [-0.15, -0.1) is 15.3 Å². The van der Waals surface area contributed by atoms with Crippen molar-refractivity contribution < 1.29 is 19.0 Å². The monoisotopic (exact) mass is 435 g/mol. The normalized spacial score (nSPS) is 15.4. The van der Waals surface area contributed by atoms with E-state index in [-0.39, 0.29) is 18.2 Å². The second kappa shape index (κ2) is 7.52. The van der Waals surface area contributed by atoms with E-state index in [4.69, 9.17) is 14.2 Å². The number of amides is 1. The molecule has 1 aliphatic rings. The first kappa shape index (κ1) is 19.8. The van der Waals surface area contributed by atoms with Gasteiger partial charge >= 0.3 is 0 Å². The van der Waals surface area contributed by atoms with Crippen molar-refractivity contribution in [2.75, 3.05) is 26.6 Å². The molecule has 0 fully saturated rings. The van der Waals surface area contributed by atoms with Gasteiger partial charge in [-0.25, -0.2) is 0 Å². The van der Waals surface area contributed by atoms with Crippen LogP contribution in [0.4, 0.5) is 5.82 Å². The molecule has 1 atom stereocenters. The van der Waals surface area contributed by atoms with E-state index >= 15 is 0 Å². The number of carbonyl (C=O) groups is 1. The maximum Gasteiger partial charge on any atom is 0.226 e. The molecule has 4 heterocycles. The molecular weight excluding hydrogens is 414 g/mol. The van der Waals surface area contributed by atoms with Gasteiger partial charge in [-0.2, -0.15) is 14.3 Å². The molecule has 11 nitrogen and oxygen atoms in total. The van der Waals surface area contributed by atoms with Crippen LogP contribution in [-0.4, -0.2) is 56.8 Å². The number of nitrogens with zero attached hydrogens (tertiary/aromatic N) is 6. The first-order valence-electron chi connectivity index (χ1n) is 9.91. The van der Waals surface area contributed by atoms with E-state index in [2.05, 4.69) is 25.7 Å². The van der Waals surface area contributed by atoms with Crippen molar-refractivity contribution in [3.63, 3.8) is 0 Å². The Kier molecular flexibility index (Phi) is 4.65. The number of methoxy groups -OCH3 is 3. The van der Waals surface area contributed by atoms with Crippen LogP contribution in [0.5, 0.6) is 17.2 Å². The molecule has 164 valence electrons. The fourth-order valence-corrected chi connectivity index (χ4v) is 4.00. The zero-order valence-electron chi connectivity index (χ0n) is 18.0. The third-order valence-electron chi connectivity index (χ3n) is 5.55. The number of nitrogens with one attached hydrogen (secondary N) is 1. The maximum absolute atomic E-state index is 12.7. The Morgan fingerprint density at radius 3 is 2.50 bits per heavy atom. The highest BCUT2D eigenvalue weighted by molar-refractivity contribution is 5.94. The first-order chi connectivity index (χ1) is 15.5. The summed E-state index contributed by atoms with van der Waals surface area (Å²) in [6, 6.07) is 7.18. The van der Waals surface area contributed by atoms with E-state index in [1.807, 2.05) is 13.0 Å². The van der Waals surface area contributed by atoms with E-state index in [1.54, 1.807) is 54.9 Å². The average molecular weight is 435 g/mol. The molecule has 11 heteroatoms. The number of hydrogen-bond donors (Lipinski definition) is 1. The number of anilines is 1. The third kappa shape index (κ3) is 3.01. The molecule has 1 unspecified atom stereocenters. The summed E-state index contributed by atoms with van der Waals surface area (Å²) in [6.45, 7) is 1.82. The van der Waals surface area contributed by atoms with E-state index in [1.165, 1.54) is 0 Å². The molecular formula is C21H21N7O4. The average Bonchev–Trinajstić information content (AvgIpc) is 3.40. The minimum atomic E-state index is -0.289. The number of rotatable bonds is 5. The van der Waals surface area contributed by atoms with Gasteiger partial charge < -0.3 is 19.5 Å². The molecule has 32 heavy (non-hydrogen) atoms. The Morgan fingerprint density at radius 2 is 1.75 bits per heavy atom. The second-order valence-corrected chi connectivity index (χ2v) is 7.32. The van der Waals surface area contributed by atoms with Gasteiger partial charge in [0.15, 0.2) is 28.8 Å². The standard InChI is InChI=1S/C21H21N7O4/c1-11-24-25-18-5-6-19(26-27(11)18)28-21-14(10-22-28)12(8-20(29)23-21)13-7-16(31-3)17(32-4)9-15(13)30-2/h5-7,9-10,12H,8H2,1-4H3,(H,23,29). The number of hydrogen-bond acceptors (Lipinski definition) is 8. The minimum absolute atomic E-state index is 0.136. The van der Waals surface area contributed by atoms with Gasteiger partial charge in [0.1, 0.15) is 11.6 Å². The van der Waals surface area contributed by atoms with Crippen molar-refractivity contribution >= 4 is 17.4 Å². The number of aromatic nitrogens is 6. The lowest BCUT2D eigenvalue weighted by Gasteiger charge is -2.25. The first-order valence-corrected chi connectivity index (χ1v) is 9.91. The molecule has 0 spiro atoms. The van der Waals surface area contributed by atoms with Gasteiger partial charge in [0, 0.05) is 29.5 Å². The van der Waals surface area contributed by atoms with Crippen molar-refractivity contribution in [3.05, 3.63) is 47.4 Å². The summed E-state index contributed by atoms with van der Waals surface area (Å²) in [4.78, 5) is 12.7. The Morgan fingerprint density at radius 1 is 1.00 bits per heavy atom. The van der Waals surface area contributed by atoms with Crippen LogP contribution in [0.2, 0.25) is 0 Å². The molecule has 5 rings (SSSR count). The molecule has 0 bridgehead atoms. The molecule has 0 saturated carbocycles. The van der Waals surface area contributed by atoms with Crippen LogP contribution in [0.25, 0.3) is 11.5 Å². The molecule has 0 saturated heterocycles. The number of aryl methyl sites for hydroxylation is 1. The van der Waals surface area contributed by atoms with Crippen LogP contribution in [0.15, 0.2) is 30.5 Å². The lowest BCUT2D eigenvalue weighted by Crippen LogP contribution is -2.25. The highest BCUT2D eigenvalue weighted by atomic mass is 16.5. The summed E-state index contributed by atoms with van der Waals surface area (Å²) >= 11 is 0. The zero-order valence-corrected chi connectivity index (χ0v) is 18.0. The van der Waals surface area contributed by atoms with Gasteiger partial charge in [0.25, 0.3) is 0 Å². The Labute approximate surface area is 182 Å². The Bertz CT molecular complexity index is 1340. The van der Waals surface area contributed by atoms with Gasteiger partial charge in [-0.05, 0) is 25.1 Å². The molecule has 1 N–H and O–H groups in total. The van der Waals surface area contributed by atoms with E-state index < -0.39 is 0 Å². The highest BCUT2D eigenvalue weighted by Gasteiger charge is 2.33. The number of fused-ring (bicyclic) bond motifs is 2. The van der Waals surface area contributed by atoms with Gasteiger partial charge in [0.2, 0.25) is 5.91 Å². The second-order valence-electron chi connectivity index (χ2n) is 7.32. The van der Waals surface area contributed by atoms with Crippen molar-refractivity contribution in [2.24, 2.45) is 0 Å². The summed E-state index contributed by atoms with van der Waals surface area (Å²) in [7, 11) is 4.72. The van der Waals surface area contributed by atoms with Crippen LogP contribution >= 0.6 is 0 Å².